The molecule has 0 aromatic carbocycles. The van der Waals surface area contributed by atoms with Gasteiger partial charge in [0, 0.05) is 12.6 Å². The second-order valence-electron chi connectivity index (χ2n) is 2.27. The molecule has 5 nitrogen and oxygen atoms in total. The smallest absolute Gasteiger partial charge is 0.354 e. The molecule has 14 heavy (non-hydrogen) atoms. The van der Waals surface area contributed by atoms with Crippen LogP contribution >= 0.6 is 0 Å². The van der Waals surface area contributed by atoms with Crippen molar-refractivity contribution >= 4 is 11.9 Å². The van der Waals surface area contributed by atoms with Crippen molar-refractivity contribution in [3.05, 3.63) is 30.1 Å². The fourth-order valence-electron chi connectivity index (χ4n) is 0.489. The molecule has 5 heteroatoms. The lowest BCUT2D eigenvalue weighted by Crippen LogP contribution is -1.97. The maximum absolute atomic E-state index is 10.1. The summed E-state index contributed by atoms with van der Waals surface area (Å²) in [6.07, 6.45) is 1.67. The Labute approximate surface area is 81.0 Å². The highest BCUT2D eigenvalue weighted by Gasteiger charge is 1.98. The van der Waals surface area contributed by atoms with Gasteiger partial charge in [-0.1, -0.05) is 13.0 Å². The molecular weight excluding hydrogens is 186 g/mol. The average Bonchev–Trinajstić information content (AvgIpc) is 2.20. The summed E-state index contributed by atoms with van der Waals surface area (Å²) in [7, 11) is 0. The molecule has 0 spiro atoms. The van der Waals surface area contributed by atoms with E-state index in [1.54, 1.807) is 19.1 Å². The predicted molar refractivity (Wildman–Crippen MR) is 49.1 cm³/mol. The third-order valence-corrected chi connectivity index (χ3v) is 1.19. The summed E-state index contributed by atoms with van der Waals surface area (Å²) < 4.78 is 0. The molecule has 0 amide bonds. The zero-order valence-corrected chi connectivity index (χ0v) is 7.67. The Morgan fingerprint density at radius 3 is 2.14 bits per heavy atom. The number of aromatic carboxylic acids is 1. The van der Waals surface area contributed by atoms with Gasteiger partial charge in [0.15, 0.2) is 0 Å². The van der Waals surface area contributed by atoms with E-state index in [1.807, 2.05) is 0 Å². The largest absolute Gasteiger partial charge is 0.481 e. The molecule has 0 bridgehead atoms. The molecule has 2 N–H and O–H groups in total. The first-order valence-corrected chi connectivity index (χ1v) is 3.94. The van der Waals surface area contributed by atoms with Gasteiger partial charge >= 0.3 is 11.9 Å². The molecule has 1 rings (SSSR count). The van der Waals surface area contributed by atoms with E-state index in [0.717, 1.165) is 0 Å². The Morgan fingerprint density at radius 1 is 1.36 bits per heavy atom. The Hall–Kier alpha value is -1.91. The van der Waals surface area contributed by atoms with Gasteiger partial charge in [-0.05, 0) is 12.1 Å². The summed E-state index contributed by atoms with van der Waals surface area (Å²) in [5.74, 6) is -1.74. The molecule has 0 aliphatic carbocycles. The van der Waals surface area contributed by atoms with Crippen LogP contribution < -0.4 is 0 Å². The van der Waals surface area contributed by atoms with E-state index in [2.05, 4.69) is 4.98 Å². The summed E-state index contributed by atoms with van der Waals surface area (Å²) in [6, 6.07) is 4.76. The molecule has 76 valence electrons. The summed E-state index contributed by atoms with van der Waals surface area (Å²) in [6.45, 7) is 1.60. The van der Waals surface area contributed by atoms with Crippen LogP contribution in [0.15, 0.2) is 24.4 Å². The second-order valence-corrected chi connectivity index (χ2v) is 2.27. The minimum atomic E-state index is -0.990. The first kappa shape index (κ1) is 12.1. The number of hydrogen-bond acceptors (Lipinski definition) is 3. The number of aromatic nitrogens is 1. The monoisotopic (exact) mass is 197 g/mol. The lowest BCUT2D eigenvalue weighted by atomic mass is 10.4. The molecular formula is C9H11NO4. The van der Waals surface area contributed by atoms with Crippen molar-refractivity contribution in [3.8, 4) is 0 Å². The number of carbonyl (C=O) groups is 2. The summed E-state index contributed by atoms with van der Waals surface area (Å²) in [5, 5.41) is 16.0. The third kappa shape index (κ3) is 5.70. The lowest BCUT2D eigenvalue weighted by molar-refractivity contribution is -0.136. The molecule has 0 saturated carbocycles. The van der Waals surface area contributed by atoms with Gasteiger partial charge in [-0.2, -0.15) is 0 Å². The molecule has 0 fully saturated rings. The van der Waals surface area contributed by atoms with Crippen molar-refractivity contribution in [2.75, 3.05) is 0 Å². The lowest BCUT2D eigenvalue weighted by Gasteiger charge is -1.87. The van der Waals surface area contributed by atoms with Crippen LogP contribution in [0.4, 0.5) is 0 Å². The van der Waals surface area contributed by atoms with E-state index in [9.17, 15) is 9.59 Å². The van der Waals surface area contributed by atoms with E-state index in [-0.39, 0.29) is 12.1 Å². The minimum Gasteiger partial charge on any atom is -0.481 e. The molecule has 0 aliphatic heterocycles. The highest BCUT2D eigenvalue weighted by atomic mass is 16.4. The SMILES string of the molecule is CCC(=O)O.O=C(O)c1ccccn1. The van der Waals surface area contributed by atoms with Gasteiger partial charge < -0.3 is 10.2 Å². The molecule has 0 radical (unpaired) electrons. The average molecular weight is 197 g/mol. The molecule has 0 aliphatic rings. The van der Waals surface area contributed by atoms with Gasteiger partial charge in [-0.3, -0.25) is 4.79 Å². The zero-order chi connectivity index (χ0) is 11.0. The molecule has 1 heterocycles. The quantitative estimate of drug-likeness (QED) is 0.745. The van der Waals surface area contributed by atoms with Crippen molar-refractivity contribution in [3.63, 3.8) is 0 Å². The van der Waals surface area contributed by atoms with E-state index < -0.39 is 11.9 Å². The van der Waals surface area contributed by atoms with Crippen LogP contribution in [-0.2, 0) is 4.79 Å². The summed E-state index contributed by atoms with van der Waals surface area (Å²) in [5.41, 5.74) is 0.0810. The number of rotatable bonds is 2. The number of carboxylic acid groups (broad SMARTS) is 2. The van der Waals surface area contributed by atoms with Crippen LogP contribution in [0, 0.1) is 0 Å². The van der Waals surface area contributed by atoms with Crippen molar-refractivity contribution < 1.29 is 19.8 Å². The maximum Gasteiger partial charge on any atom is 0.354 e. The van der Waals surface area contributed by atoms with Crippen LogP contribution in [0.25, 0.3) is 0 Å². The number of aliphatic carboxylic acids is 1. The van der Waals surface area contributed by atoms with Gasteiger partial charge in [0.05, 0.1) is 0 Å². The van der Waals surface area contributed by atoms with Crippen molar-refractivity contribution in [1.82, 2.24) is 4.98 Å². The number of carboxylic acids is 2. The highest BCUT2D eigenvalue weighted by molar-refractivity contribution is 5.85. The fourth-order valence-corrected chi connectivity index (χ4v) is 0.489. The van der Waals surface area contributed by atoms with Crippen LogP contribution in [0.3, 0.4) is 0 Å². The number of nitrogens with zero attached hydrogens (tertiary/aromatic N) is 1. The summed E-state index contributed by atoms with van der Waals surface area (Å²) >= 11 is 0. The first-order chi connectivity index (χ1) is 6.57. The van der Waals surface area contributed by atoms with Gasteiger partial charge in [0.1, 0.15) is 5.69 Å². The maximum atomic E-state index is 10.1. The molecule has 0 unspecified atom stereocenters. The Morgan fingerprint density at radius 2 is 1.93 bits per heavy atom. The van der Waals surface area contributed by atoms with E-state index in [4.69, 9.17) is 10.2 Å². The first-order valence-electron chi connectivity index (χ1n) is 3.94. The molecule has 0 saturated heterocycles. The van der Waals surface area contributed by atoms with E-state index >= 15 is 0 Å². The van der Waals surface area contributed by atoms with Crippen LogP contribution in [0.2, 0.25) is 0 Å². The van der Waals surface area contributed by atoms with E-state index in [1.165, 1.54) is 12.3 Å². The van der Waals surface area contributed by atoms with Crippen LogP contribution in [-0.4, -0.2) is 27.1 Å². The Balaban J connectivity index is 0.000000292. The van der Waals surface area contributed by atoms with Crippen LogP contribution in [0.1, 0.15) is 23.8 Å². The van der Waals surface area contributed by atoms with Gasteiger partial charge in [0.2, 0.25) is 0 Å². The highest BCUT2D eigenvalue weighted by Crippen LogP contribution is 1.90. The Kier molecular flexibility index (Phi) is 5.69. The Bertz CT molecular complexity index is 297. The van der Waals surface area contributed by atoms with E-state index in [0.29, 0.717) is 0 Å². The van der Waals surface area contributed by atoms with Gasteiger partial charge in [-0.25, -0.2) is 9.78 Å². The van der Waals surface area contributed by atoms with Gasteiger partial charge in [-0.15, -0.1) is 0 Å². The summed E-state index contributed by atoms with van der Waals surface area (Å²) in [4.78, 5) is 23.1. The topological polar surface area (TPSA) is 87.5 Å². The van der Waals surface area contributed by atoms with Crippen molar-refractivity contribution in [1.29, 1.82) is 0 Å². The standard InChI is InChI=1S/C6H5NO2.C3H6O2/c8-6(9)5-3-1-2-4-7-5;1-2-3(4)5/h1-4H,(H,8,9);2H2,1H3,(H,4,5). The zero-order valence-electron chi connectivity index (χ0n) is 7.67. The second kappa shape index (κ2) is 6.59. The van der Waals surface area contributed by atoms with Crippen molar-refractivity contribution in [2.24, 2.45) is 0 Å². The van der Waals surface area contributed by atoms with Gasteiger partial charge in [0.25, 0.3) is 0 Å². The molecule has 1 aromatic heterocycles. The molecule has 0 atom stereocenters. The number of hydrogen-bond donors (Lipinski definition) is 2. The predicted octanol–water partition coefficient (Wildman–Crippen LogP) is 1.26. The third-order valence-electron chi connectivity index (χ3n) is 1.19. The minimum absolute atomic E-state index is 0.0810. The van der Waals surface area contributed by atoms with Crippen molar-refractivity contribution in [2.45, 2.75) is 13.3 Å². The number of pyridine rings is 1. The molecule has 1 aromatic rings. The van der Waals surface area contributed by atoms with Crippen LogP contribution in [0.5, 0.6) is 0 Å². The normalized spacial score (nSPS) is 8.36. The fraction of sp³-hybridized carbons (Fsp3) is 0.222.